The van der Waals surface area contributed by atoms with Crippen LogP contribution in [-0.2, 0) is 21.2 Å². The molecular weight excluding hydrogens is 368 g/mol. The summed E-state index contributed by atoms with van der Waals surface area (Å²) >= 11 is 0. The molecule has 0 spiro atoms. The summed E-state index contributed by atoms with van der Waals surface area (Å²) in [6, 6.07) is 10.6. The second-order valence-electron chi connectivity index (χ2n) is 6.35. The van der Waals surface area contributed by atoms with Crippen molar-refractivity contribution in [3.8, 4) is 0 Å². The Morgan fingerprint density at radius 1 is 1.11 bits per heavy atom. The molecule has 0 saturated heterocycles. The van der Waals surface area contributed by atoms with Crippen LogP contribution in [0.1, 0.15) is 27.0 Å². The number of carbonyl (C=O) groups is 1. The molecule has 0 radical (unpaired) electrons. The van der Waals surface area contributed by atoms with E-state index < -0.39 is 21.4 Å². The van der Waals surface area contributed by atoms with E-state index in [1.54, 1.807) is 0 Å². The molecule has 0 aliphatic rings. The van der Waals surface area contributed by atoms with Gasteiger partial charge in [-0.1, -0.05) is 18.2 Å². The van der Waals surface area contributed by atoms with Gasteiger partial charge in [0.15, 0.2) is 9.84 Å². The zero-order valence-electron chi connectivity index (χ0n) is 15.1. The van der Waals surface area contributed by atoms with Crippen LogP contribution >= 0.6 is 0 Å². The molecule has 1 aromatic heterocycles. The summed E-state index contributed by atoms with van der Waals surface area (Å²) < 4.78 is 33.9. The van der Waals surface area contributed by atoms with Crippen LogP contribution in [0.2, 0.25) is 0 Å². The minimum Gasteiger partial charge on any atom is -0.457 e. The molecule has 0 aliphatic carbocycles. The predicted octanol–water partition coefficient (Wildman–Crippen LogP) is 3.17. The third-order valence-corrected chi connectivity index (χ3v) is 5.48. The first-order valence-electron chi connectivity index (χ1n) is 8.17. The van der Waals surface area contributed by atoms with Gasteiger partial charge in [0.2, 0.25) is 0 Å². The molecule has 27 heavy (non-hydrogen) atoms. The van der Waals surface area contributed by atoms with E-state index >= 15 is 0 Å². The molecule has 140 valence electrons. The molecule has 6 nitrogen and oxygen atoms in total. The van der Waals surface area contributed by atoms with Crippen LogP contribution in [0.4, 0.5) is 0 Å². The van der Waals surface area contributed by atoms with E-state index in [2.05, 4.69) is 0 Å². The van der Waals surface area contributed by atoms with Crippen LogP contribution in [0.5, 0.6) is 0 Å². The van der Waals surface area contributed by atoms with Gasteiger partial charge in [-0.05, 0) is 43.2 Å². The molecular formula is C20H18O6S. The molecule has 0 N–H and O–H groups in total. The van der Waals surface area contributed by atoms with E-state index in [4.69, 9.17) is 9.15 Å². The number of carbonyl (C=O) groups excluding carboxylic acids is 1. The normalized spacial score (nSPS) is 11.5. The third-order valence-electron chi connectivity index (χ3n) is 4.37. The Labute approximate surface area is 156 Å². The number of esters is 1. The van der Waals surface area contributed by atoms with Crippen molar-refractivity contribution in [1.82, 2.24) is 0 Å². The first kappa shape index (κ1) is 18.8. The molecule has 0 amide bonds. The zero-order chi connectivity index (χ0) is 19.8. The summed E-state index contributed by atoms with van der Waals surface area (Å²) in [5.74, 6) is -0.675. The maximum absolute atomic E-state index is 12.3. The third kappa shape index (κ3) is 3.93. The van der Waals surface area contributed by atoms with E-state index in [1.165, 1.54) is 30.3 Å². The average molecular weight is 386 g/mol. The van der Waals surface area contributed by atoms with Crippen molar-refractivity contribution in [2.45, 2.75) is 25.3 Å². The van der Waals surface area contributed by atoms with Gasteiger partial charge in [-0.25, -0.2) is 18.0 Å². The van der Waals surface area contributed by atoms with Crippen molar-refractivity contribution in [3.63, 3.8) is 0 Å². The summed E-state index contributed by atoms with van der Waals surface area (Å²) in [5, 5.41) is 0.690. The summed E-state index contributed by atoms with van der Waals surface area (Å²) in [6.07, 6.45) is 1.07. The largest absolute Gasteiger partial charge is 0.457 e. The fourth-order valence-corrected chi connectivity index (χ4v) is 3.39. The highest BCUT2D eigenvalue weighted by Crippen LogP contribution is 2.24. The Kier molecular flexibility index (Phi) is 4.89. The lowest BCUT2D eigenvalue weighted by Crippen LogP contribution is -2.09. The van der Waals surface area contributed by atoms with E-state index in [0.717, 1.165) is 17.4 Å². The average Bonchev–Trinajstić information content (AvgIpc) is 2.62. The Morgan fingerprint density at radius 3 is 2.56 bits per heavy atom. The lowest BCUT2D eigenvalue weighted by atomic mass is 10.0. The predicted molar refractivity (Wildman–Crippen MR) is 101 cm³/mol. The lowest BCUT2D eigenvalue weighted by Gasteiger charge is -2.10. The smallest absolute Gasteiger partial charge is 0.338 e. The van der Waals surface area contributed by atoms with Crippen molar-refractivity contribution in [2.24, 2.45) is 0 Å². The van der Waals surface area contributed by atoms with Crippen LogP contribution in [0.15, 0.2) is 56.6 Å². The summed E-state index contributed by atoms with van der Waals surface area (Å²) in [4.78, 5) is 24.2. The van der Waals surface area contributed by atoms with E-state index in [1.807, 2.05) is 26.0 Å². The van der Waals surface area contributed by atoms with Gasteiger partial charge in [0.25, 0.3) is 0 Å². The Morgan fingerprint density at radius 2 is 1.85 bits per heavy atom. The molecule has 7 heteroatoms. The van der Waals surface area contributed by atoms with Gasteiger partial charge in [0.05, 0.1) is 10.5 Å². The van der Waals surface area contributed by atoms with Gasteiger partial charge in [-0.3, -0.25) is 0 Å². The Balaban J connectivity index is 1.90. The fraction of sp³-hybridized carbons (Fsp3) is 0.200. The van der Waals surface area contributed by atoms with Crippen molar-refractivity contribution < 1.29 is 22.4 Å². The first-order valence-corrected chi connectivity index (χ1v) is 10.1. The van der Waals surface area contributed by atoms with Crippen LogP contribution in [0.3, 0.4) is 0 Å². The van der Waals surface area contributed by atoms with Gasteiger partial charge in [0, 0.05) is 23.3 Å². The molecule has 1 heterocycles. The molecule has 0 unspecified atom stereocenters. The quantitative estimate of drug-likeness (QED) is 0.505. The standard InChI is InChI=1S/C20H18O6S/c1-12-7-8-17-15(10-18(21)26-19(17)13(12)2)11-25-20(22)14-5-4-6-16(9-14)27(3,23)24/h4-10H,11H2,1-3H3. The number of hydrogen-bond acceptors (Lipinski definition) is 6. The summed E-state index contributed by atoms with van der Waals surface area (Å²) in [6.45, 7) is 3.63. The Bertz CT molecular complexity index is 1200. The summed E-state index contributed by atoms with van der Waals surface area (Å²) in [7, 11) is -3.43. The fourth-order valence-electron chi connectivity index (χ4n) is 2.72. The SMILES string of the molecule is Cc1ccc2c(COC(=O)c3cccc(S(C)(=O)=O)c3)cc(=O)oc2c1C. The maximum Gasteiger partial charge on any atom is 0.338 e. The van der Waals surface area contributed by atoms with Crippen LogP contribution in [0.25, 0.3) is 11.0 Å². The van der Waals surface area contributed by atoms with Crippen molar-refractivity contribution in [3.05, 3.63) is 75.1 Å². The molecule has 0 bridgehead atoms. The number of ether oxygens (including phenoxy) is 1. The lowest BCUT2D eigenvalue weighted by molar-refractivity contribution is 0.0473. The molecule has 3 rings (SSSR count). The second-order valence-corrected chi connectivity index (χ2v) is 8.37. The molecule has 0 saturated carbocycles. The van der Waals surface area contributed by atoms with Gasteiger partial charge >= 0.3 is 11.6 Å². The minimum absolute atomic E-state index is 0.0360. The van der Waals surface area contributed by atoms with Crippen LogP contribution in [0, 0.1) is 13.8 Å². The number of aryl methyl sites for hydroxylation is 2. The van der Waals surface area contributed by atoms with Gasteiger partial charge in [0.1, 0.15) is 12.2 Å². The van der Waals surface area contributed by atoms with E-state index in [-0.39, 0.29) is 17.1 Å². The monoisotopic (exact) mass is 386 g/mol. The van der Waals surface area contributed by atoms with Crippen LogP contribution in [-0.4, -0.2) is 20.6 Å². The highest BCUT2D eigenvalue weighted by molar-refractivity contribution is 7.90. The highest BCUT2D eigenvalue weighted by Gasteiger charge is 2.15. The number of fused-ring (bicyclic) bond motifs is 1. The van der Waals surface area contributed by atoms with E-state index in [0.29, 0.717) is 16.5 Å². The number of hydrogen-bond donors (Lipinski definition) is 0. The zero-order valence-corrected chi connectivity index (χ0v) is 15.9. The number of rotatable bonds is 4. The topological polar surface area (TPSA) is 90.7 Å². The van der Waals surface area contributed by atoms with Crippen LogP contribution < -0.4 is 5.63 Å². The molecule has 0 fully saturated rings. The molecule has 0 atom stereocenters. The highest BCUT2D eigenvalue weighted by atomic mass is 32.2. The number of benzene rings is 2. The molecule has 2 aromatic carbocycles. The van der Waals surface area contributed by atoms with E-state index in [9.17, 15) is 18.0 Å². The van der Waals surface area contributed by atoms with Crippen molar-refractivity contribution >= 4 is 26.8 Å². The minimum atomic E-state index is -3.43. The second kappa shape index (κ2) is 7.00. The van der Waals surface area contributed by atoms with Crippen molar-refractivity contribution in [1.29, 1.82) is 0 Å². The van der Waals surface area contributed by atoms with Gasteiger partial charge < -0.3 is 9.15 Å². The Hall–Kier alpha value is -2.93. The van der Waals surface area contributed by atoms with Gasteiger partial charge in [-0.15, -0.1) is 0 Å². The maximum atomic E-state index is 12.3. The summed E-state index contributed by atoms with van der Waals surface area (Å²) in [5.41, 5.74) is 2.42. The molecule has 0 aliphatic heterocycles. The van der Waals surface area contributed by atoms with Crippen molar-refractivity contribution in [2.75, 3.05) is 6.26 Å². The van der Waals surface area contributed by atoms with Gasteiger partial charge in [-0.2, -0.15) is 0 Å². The first-order chi connectivity index (χ1) is 12.7. The molecule has 3 aromatic rings. The number of sulfone groups is 1.